The number of rotatable bonds is 6. The standard InChI is InChI=1S/C13H14N4O3S/c14-16-12-10(4-1-5-11(12)17(19)20)13(18)15-7-6-9-3-2-8-21-9/h1-5,8,16H,6-7,14H2,(H,15,18). The minimum absolute atomic E-state index is 0.0103. The van der Waals surface area contributed by atoms with Gasteiger partial charge in [0.15, 0.2) is 0 Å². The predicted molar refractivity (Wildman–Crippen MR) is 81.3 cm³/mol. The van der Waals surface area contributed by atoms with Gasteiger partial charge in [0.1, 0.15) is 5.69 Å². The maximum absolute atomic E-state index is 12.1. The van der Waals surface area contributed by atoms with E-state index in [0.29, 0.717) is 13.0 Å². The van der Waals surface area contributed by atoms with Crippen LogP contribution in [-0.4, -0.2) is 17.4 Å². The van der Waals surface area contributed by atoms with E-state index in [1.54, 1.807) is 11.3 Å². The second-order valence-electron chi connectivity index (χ2n) is 4.19. The minimum atomic E-state index is -0.586. The van der Waals surface area contributed by atoms with Crippen molar-refractivity contribution >= 4 is 28.6 Å². The fourth-order valence-corrected chi connectivity index (χ4v) is 2.59. The van der Waals surface area contributed by atoms with Crippen LogP contribution >= 0.6 is 11.3 Å². The van der Waals surface area contributed by atoms with Gasteiger partial charge in [-0.25, -0.2) is 0 Å². The number of thiophene rings is 1. The third-order valence-corrected chi connectivity index (χ3v) is 3.80. The Morgan fingerprint density at radius 1 is 1.33 bits per heavy atom. The number of nitrogens with two attached hydrogens (primary N) is 1. The van der Waals surface area contributed by atoms with Gasteiger partial charge in [-0.2, -0.15) is 0 Å². The Balaban J connectivity index is 2.08. The van der Waals surface area contributed by atoms with Crippen molar-refractivity contribution in [3.8, 4) is 0 Å². The lowest BCUT2D eigenvalue weighted by Gasteiger charge is -2.09. The van der Waals surface area contributed by atoms with Gasteiger partial charge in [-0.1, -0.05) is 12.1 Å². The summed E-state index contributed by atoms with van der Waals surface area (Å²) in [4.78, 5) is 23.6. The number of hydrazine groups is 1. The molecule has 8 heteroatoms. The second kappa shape index (κ2) is 6.82. The molecule has 1 aromatic carbocycles. The van der Waals surface area contributed by atoms with E-state index in [1.807, 2.05) is 17.5 Å². The largest absolute Gasteiger partial charge is 0.352 e. The molecule has 2 rings (SSSR count). The number of hydrogen-bond donors (Lipinski definition) is 3. The molecule has 1 aromatic heterocycles. The average molecular weight is 306 g/mol. The summed E-state index contributed by atoms with van der Waals surface area (Å²) in [6.07, 6.45) is 0.712. The van der Waals surface area contributed by atoms with Crippen LogP contribution in [-0.2, 0) is 6.42 Å². The number of carbonyl (C=O) groups excluding carboxylic acids is 1. The van der Waals surface area contributed by atoms with Crippen LogP contribution in [0.2, 0.25) is 0 Å². The summed E-state index contributed by atoms with van der Waals surface area (Å²) in [6, 6.07) is 8.16. The Hall–Kier alpha value is -2.45. The van der Waals surface area contributed by atoms with Crippen molar-refractivity contribution in [3.05, 3.63) is 56.3 Å². The van der Waals surface area contributed by atoms with Crippen LogP contribution in [0, 0.1) is 10.1 Å². The summed E-state index contributed by atoms with van der Waals surface area (Å²) in [7, 11) is 0. The molecule has 7 nitrogen and oxygen atoms in total. The number of nitrogens with zero attached hydrogens (tertiary/aromatic N) is 1. The van der Waals surface area contributed by atoms with Crippen LogP contribution in [0.1, 0.15) is 15.2 Å². The van der Waals surface area contributed by atoms with Gasteiger partial charge in [-0.05, 0) is 23.9 Å². The maximum atomic E-state index is 12.1. The number of anilines is 1. The van der Waals surface area contributed by atoms with E-state index in [2.05, 4.69) is 10.7 Å². The van der Waals surface area contributed by atoms with Crippen LogP contribution in [0.25, 0.3) is 0 Å². The number of nitro groups is 1. The first-order chi connectivity index (χ1) is 10.1. The van der Waals surface area contributed by atoms with Gasteiger partial charge >= 0.3 is 0 Å². The average Bonchev–Trinajstić information content (AvgIpc) is 2.99. The fourth-order valence-electron chi connectivity index (χ4n) is 1.88. The molecule has 0 aliphatic heterocycles. The molecule has 0 aliphatic carbocycles. The van der Waals surface area contributed by atoms with E-state index in [0.717, 1.165) is 4.88 Å². The number of amides is 1. The highest BCUT2D eigenvalue weighted by molar-refractivity contribution is 7.09. The van der Waals surface area contributed by atoms with Crippen LogP contribution in [0.4, 0.5) is 11.4 Å². The topological polar surface area (TPSA) is 110 Å². The molecular formula is C13H14N4O3S. The lowest BCUT2D eigenvalue weighted by molar-refractivity contribution is -0.384. The highest BCUT2D eigenvalue weighted by Gasteiger charge is 2.20. The molecule has 0 aliphatic rings. The van der Waals surface area contributed by atoms with E-state index in [4.69, 9.17) is 5.84 Å². The Kier molecular flexibility index (Phi) is 4.85. The monoisotopic (exact) mass is 306 g/mol. The predicted octanol–water partition coefficient (Wildman–Crippen LogP) is 1.91. The summed E-state index contributed by atoms with van der Waals surface area (Å²) in [5, 5.41) is 15.6. The Labute approximate surface area is 124 Å². The Morgan fingerprint density at radius 3 is 2.76 bits per heavy atom. The van der Waals surface area contributed by atoms with Crippen molar-refractivity contribution in [2.45, 2.75) is 6.42 Å². The minimum Gasteiger partial charge on any atom is -0.352 e. The maximum Gasteiger partial charge on any atom is 0.294 e. The number of benzene rings is 1. The summed E-state index contributed by atoms with van der Waals surface area (Å²) < 4.78 is 0. The van der Waals surface area contributed by atoms with Gasteiger partial charge in [-0.3, -0.25) is 20.8 Å². The van der Waals surface area contributed by atoms with E-state index < -0.39 is 10.8 Å². The Morgan fingerprint density at radius 2 is 2.14 bits per heavy atom. The zero-order valence-electron chi connectivity index (χ0n) is 11.0. The SMILES string of the molecule is NNc1c(C(=O)NCCc2cccs2)cccc1[N+](=O)[O-]. The fraction of sp³-hybridized carbons (Fsp3) is 0.154. The van der Waals surface area contributed by atoms with Gasteiger partial charge < -0.3 is 10.7 Å². The first-order valence-corrected chi connectivity index (χ1v) is 7.06. The molecule has 0 unspecified atom stereocenters. The third-order valence-electron chi connectivity index (χ3n) is 2.87. The van der Waals surface area contributed by atoms with Crippen LogP contribution in [0.5, 0.6) is 0 Å². The molecule has 0 fully saturated rings. The lowest BCUT2D eigenvalue weighted by atomic mass is 10.1. The summed E-state index contributed by atoms with van der Waals surface area (Å²) in [6.45, 7) is 0.450. The molecule has 0 radical (unpaired) electrons. The van der Waals surface area contributed by atoms with E-state index in [1.165, 1.54) is 18.2 Å². The van der Waals surface area contributed by atoms with Crippen molar-refractivity contribution in [1.29, 1.82) is 0 Å². The number of nitro benzene ring substituents is 1. The molecule has 21 heavy (non-hydrogen) atoms. The first kappa shape index (κ1) is 14.9. The van der Waals surface area contributed by atoms with E-state index >= 15 is 0 Å². The van der Waals surface area contributed by atoms with Crippen LogP contribution in [0.15, 0.2) is 35.7 Å². The highest BCUT2D eigenvalue weighted by Crippen LogP contribution is 2.27. The quantitative estimate of drug-likeness (QED) is 0.429. The van der Waals surface area contributed by atoms with Gasteiger partial charge in [0.05, 0.1) is 10.5 Å². The zero-order valence-corrected chi connectivity index (χ0v) is 11.9. The zero-order chi connectivity index (χ0) is 15.2. The smallest absolute Gasteiger partial charge is 0.294 e. The number of nitrogens with one attached hydrogen (secondary N) is 2. The number of carbonyl (C=O) groups is 1. The van der Waals surface area contributed by atoms with Crippen molar-refractivity contribution < 1.29 is 9.72 Å². The third kappa shape index (κ3) is 3.56. The molecule has 0 saturated heterocycles. The normalized spacial score (nSPS) is 10.1. The van der Waals surface area contributed by atoms with Crippen molar-refractivity contribution in [2.75, 3.05) is 12.0 Å². The molecule has 2 aromatic rings. The summed E-state index contributed by atoms with van der Waals surface area (Å²) >= 11 is 1.61. The first-order valence-electron chi connectivity index (χ1n) is 6.18. The molecule has 1 amide bonds. The van der Waals surface area contributed by atoms with E-state index in [9.17, 15) is 14.9 Å². The number of hydrogen-bond acceptors (Lipinski definition) is 6. The summed E-state index contributed by atoms with van der Waals surface area (Å²) in [5.41, 5.74) is 2.16. The molecule has 110 valence electrons. The van der Waals surface area contributed by atoms with Crippen molar-refractivity contribution in [1.82, 2.24) is 5.32 Å². The second-order valence-corrected chi connectivity index (χ2v) is 5.22. The molecule has 1 heterocycles. The van der Waals surface area contributed by atoms with Crippen LogP contribution < -0.4 is 16.6 Å². The lowest BCUT2D eigenvalue weighted by Crippen LogP contribution is -2.27. The highest BCUT2D eigenvalue weighted by atomic mass is 32.1. The van der Waals surface area contributed by atoms with Crippen LogP contribution in [0.3, 0.4) is 0 Å². The molecular weight excluding hydrogens is 292 g/mol. The Bertz CT molecular complexity index is 643. The molecule has 4 N–H and O–H groups in total. The number of para-hydroxylation sites is 1. The van der Waals surface area contributed by atoms with Gasteiger partial charge in [0.25, 0.3) is 11.6 Å². The van der Waals surface area contributed by atoms with Gasteiger partial charge in [0, 0.05) is 17.5 Å². The molecule has 0 atom stereocenters. The van der Waals surface area contributed by atoms with E-state index in [-0.39, 0.29) is 16.9 Å². The van der Waals surface area contributed by atoms with Gasteiger partial charge in [0.2, 0.25) is 0 Å². The van der Waals surface area contributed by atoms with Gasteiger partial charge in [-0.15, -0.1) is 11.3 Å². The molecule has 0 bridgehead atoms. The van der Waals surface area contributed by atoms with Crippen molar-refractivity contribution in [2.24, 2.45) is 5.84 Å². The van der Waals surface area contributed by atoms with Crippen molar-refractivity contribution in [3.63, 3.8) is 0 Å². The summed E-state index contributed by atoms with van der Waals surface area (Å²) in [5.74, 6) is 4.90. The number of nitrogen functional groups attached to an aromatic ring is 1. The molecule has 0 spiro atoms. The molecule has 0 saturated carbocycles.